The standard InChI is InChI=1S/C30H28N2O5/c1-3-34-30(33)27-20(2)37-29(32)25(17-31)28(27)24-15-14-23(35-18-21-10-6-4-7-11-21)16-26(24)36-19-22-12-8-5-9-13-22/h4-16,28H,3,18-19,32H2,1-2H3. The van der Waals surface area contributed by atoms with Gasteiger partial charge in [0.05, 0.1) is 18.1 Å². The van der Waals surface area contributed by atoms with Crippen molar-refractivity contribution in [1.29, 1.82) is 5.26 Å². The summed E-state index contributed by atoms with van der Waals surface area (Å²) < 4.78 is 23.1. The van der Waals surface area contributed by atoms with Crippen molar-refractivity contribution in [3.05, 3.63) is 118 Å². The number of rotatable bonds is 9. The fourth-order valence-electron chi connectivity index (χ4n) is 4.11. The van der Waals surface area contributed by atoms with Gasteiger partial charge in [0.15, 0.2) is 0 Å². The van der Waals surface area contributed by atoms with Gasteiger partial charge in [0, 0.05) is 11.6 Å². The van der Waals surface area contributed by atoms with Gasteiger partial charge in [-0.3, -0.25) is 0 Å². The van der Waals surface area contributed by atoms with Crippen LogP contribution in [0.4, 0.5) is 0 Å². The minimum atomic E-state index is -0.827. The number of hydrogen-bond acceptors (Lipinski definition) is 7. The third kappa shape index (κ3) is 5.93. The normalized spacial score (nSPS) is 15.0. The van der Waals surface area contributed by atoms with Crippen LogP contribution in [0.5, 0.6) is 11.5 Å². The Hall–Kier alpha value is -4.70. The number of carbonyl (C=O) groups is 1. The van der Waals surface area contributed by atoms with E-state index in [1.165, 1.54) is 0 Å². The van der Waals surface area contributed by atoms with E-state index in [2.05, 4.69) is 6.07 Å². The molecule has 0 saturated heterocycles. The lowest BCUT2D eigenvalue weighted by Crippen LogP contribution is -2.26. The molecule has 0 aliphatic carbocycles. The summed E-state index contributed by atoms with van der Waals surface area (Å²) in [5.74, 6) is -0.154. The van der Waals surface area contributed by atoms with Gasteiger partial charge in [-0.1, -0.05) is 66.7 Å². The summed E-state index contributed by atoms with van der Waals surface area (Å²) in [4.78, 5) is 13.0. The summed E-state index contributed by atoms with van der Waals surface area (Å²) in [6.07, 6.45) is 0. The zero-order valence-corrected chi connectivity index (χ0v) is 20.8. The van der Waals surface area contributed by atoms with E-state index < -0.39 is 11.9 Å². The molecule has 188 valence electrons. The molecule has 1 unspecified atom stereocenters. The van der Waals surface area contributed by atoms with Gasteiger partial charge >= 0.3 is 5.97 Å². The predicted molar refractivity (Wildman–Crippen MR) is 138 cm³/mol. The molecular weight excluding hydrogens is 468 g/mol. The Labute approximate surface area is 216 Å². The third-order valence-electron chi connectivity index (χ3n) is 5.88. The van der Waals surface area contributed by atoms with E-state index in [-0.39, 0.29) is 36.0 Å². The molecule has 37 heavy (non-hydrogen) atoms. The molecule has 4 rings (SSSR count). The third-order valence-corrected chi connectivity index (χ3v) is 5.88. The molecule has 0 bridgehead atoms. The largest absolute Gasteiger partial charge is 0.489 e. The first-order chi connectivity index (χ1) is 18.0. The number of carbonyl (C=O) groups excluding carboxylic acids is 1. The highest BCUT2D eigenvalue weighted by molar-refractivity contribution is 5.92. The molecule has 2 N–H and O–H groups in total. The number of nitrogens with zero attached hydrogens (tertiary/aromatic N) is 1. The van der Waals surface area contributed by atoms with Crippen LogP contribution in [0.3, 0.4) is 0 Å². The van der Waals surface area contributed by atoms with Gasteiger partial charge in [-0.15, -0.1) is 0 Å². The van der Waals surface area contributed by atoms with E-state index in [0.717, 1.165) is 11.1 Å². The average Bonchev–Trinajstić information content (AvgIpc) is 2.91. The molecule has 0 radical (unpaired) electrons. The number of esters is 1. The van der Waals surface area contributed by atoms with Gasteiger partial charge in [-0.05, 0) is 31.0 Å². The van der Waals surface area contributed by atoms with Crippen LogP contribution in [0, 0.1) is 11.3 Å². The lowest BCUT2D eigenvalue weighted by atomic mass is 9.82. The highest BCUT2D eigenvalue weighted by atomic mass is 16.5. The van der Waals surface area contributed by atoms with E-state index in [1.54, 1.807) is 32.0 Å². The minimum Gasteiger partial charge on any atom is -0.489 e. The summed E-state index contributed by atoms with van der Waals surface area (Å²) in [7, 11) is 0. The number of benzene rings is 3. The van der Waals surface area contributed by atoms with Crippen molar-refractivity contribution in [2.24, 2.45) is 5.73 Å². The zero-order chi connectivity index (χ0) is 26.2. The van der Waals surface area contributed by atoms with Crippen molar-refractivity contribution in [2.45, 2.75) is 33.0 Å². The van der Waals surface area contributed by atoms with Crippen LogP contribution in [0.2, 0.25) is 0 Å². The smallest absolute Gasteiger partial charge is 0.338 e. The SMILES string of the molecule is CCOC(=O)C1=C(C)OC(N)=C(C#N)C1c1ccc(OCc2ccccc2)cc1OCc1ccccc1. The number of allylic oxidation sites excluding steroid dienone is 2. The lowest BCUT2D eigenvalue weighted by molar-refractivity contribution is -0.139. The van der Waals surface area contributed by atoms with Crippen molar-refractivity contribution in [3.8, 4) is 17.6 Å². The molecule has 3 aromatic rings. The molecule has 0 aromatic heterocycles. The molecule has 1 heterocycles. The summed E-state index contributed by atoms with van der Waals surface area (Å²) in [5, 5.41) is 9.96. The van der Waals surface area contributed by atoms with Crippen LogP contribution in [-0.2, 0) is 27.5 Å². The van der Waals surface area contributed by atoms with E-state index in [4.69, 9.17) is 24.7 Å². The molecular formula is C30H28N2O5. The number of ether oxygens (including phenoxy) is 4. The van der Waals surface area contributed by atoms with Crippen LogP contribution in [0.25, 0.3) is 0 Å². The maximum absolute atomic E-state index is 13.0. The molecule has 0 spiro atoms. The van der Waals surface area contributed by atoms with Crippen molar-refractivity contribution in [2.75, 3.05) is 6.61 Å². The van der Waals surface area contributed by atoms with Gasteiger partial charge in [0.25, 0.3) is 0 Å². The van der Waals surface area contributed by atoms with Crippen molar-refractivity contribution in [3.63, 3.8) is 0 Å². The first kappa shape index (κ1) is 25.4. The Morgan fingerprint density at radius 3 is 2.19 bits per heavy atom. The number of nitrogens with two attached hydrogens (primary N) is 1. The summed E-state index contributed by atoms with van der Waals surface area (Å²) in [6, 6.07) is 27.0. The van der Waals surface area contributed by atoms with Crippen LogP contribution < -0.4 is 15.2 Å². The molecule has 0 saturated carbocycles. The highest BCUT2D eigenvalue weighted by Gasteiger charge is 2.38. The lowest BCUT2D eigenvalue weighted by Gasteiger charge is -2.28. The predicted octanol–water partition coefficient (Wildman–Crippen LogP) is 5.49. The van der Waals surface area contributed by atoms with E-state index in [0.29, 0.717) is 23.7 Å². The summed E-state index contributed by atoms with van der Waals surface area (Å²) in [6.45, 7) is 4.17. The molecule has 1 aliphatic rings. The second kappa shape index (κ2) is 11.8. The molecule has 1 aliphatic heterocycles. The van der Waals surface area contributed by atoms with Gasteiger partial charge in [0.1, 0.15) is 42.1 Å². The summed E-state index contributed by atoms with van der Waals surface area (Å²) in [5.41, 5.74) is 8.96. The minimum absolute atomic E-state index is 0.0588. The fourth-order valence-corrected chi connectivity index (χ4v) is 4.11. The van der Waals surface area contributed by atoms with Gasteiger partial charge in [-0.25, -0.2) is 4.79 Å². The van der Waals surface area contributed by atoms with Gasteiger partial charge < -0.3 is 24.7 Å². The molecule has 1 atom stereocenters. The quantitative estimate of drug-likeness (QED) is 0.391. The number of nitriles is 1. The van der Waals surface area contributed by atoms with Crippen molar-refractivity contribution >= 4 is 5.97 Å². The Kier molecular flexibility index (Phi) is 8.11. The monoisotopic (exact) mass is 496 g/mol. The molecule has 3 aromatic carbocycles. The van der Waals surface area contributed by atoms with Crippen LogP contribution in [-0.4, -0.2) is 12.6 Å². The fraction of sp³-hybridized carbons (Fsp3) is 0.200. The van der Waals surface area contributed by atoms with Crippen LogP contribution in [0.15, 0.2) is 102 Å². The number of hydrogen-bond donors (Lipinski definition) is 1. The maximum atomic E-state index is 13.0. The second-order valence-electron chi connectivity index (χ2n) is 8.36. The summed E-state index contributed by atoms with van der Waals surface area (Å²) >= 11 is 0. The Morgan fingerprint density at radius 1 is 0.973 bits per heavy atom. The van der Waals surface area contributed by atoms with Gasteiger partial charge in [-0.2, -0.15) is 5.26 Å². The first-order valence-electron chi connectivity index (χ1n) is 11.9. The van der Waals surface area contributed by atoms with E-state index >= 15 is 0 Å². The zero-order valence-electron chi connectivity index (χ0n) is 20.8. The average molecular weight is 497 g/mol. The Bertz CT molecular complexity index is 1360. The topological polar surface area (TPSA) is 104 Å². The molecule has 7 heteroatoms. The highest BCUT2D eigenvalue weighted by Crippen LogP contribution is 2.44. The second-order valence-corrected chi connectivity index (χ2v) is 8.36. The molecule has 7 nitrogen and oxygen atoms in total. The molecule has 0 fully saturated rings. The van der Waals surface area contributed by atoms with Crippen molar-refractivity contribution in [1.82, 2.24) is 0 Å². The molecule has 0 amide bonds. The van der Waals surface area contributed by atoms with Crippen molar-refractivity contribution < 1.29 is 23.7 Å². The van der Waals surface area contributed by atoms with E-state index in [1.807, 2.05) is 60.7 Å². The van der Waals surface area contributed by atoms with Crippen LogP contribution >= 0.6 is 0 Å². The van der Waals surface area contributed by atoms with E-state index in [9.17, 15) is 10.1 Å². The maximum Gasteiger partial charge on any atom is 0.338 e. The Morgan fingerprint density at radius 2 is 1.59 bits per heavy atom. The van der Waals surface area contributed by atoms with Crippen LogP contribution in [0.1, 0.15) is 36.5 Å². The first-order valence-corrected chi connectivity index (χ1v) is 11.9. The Balaban J connectivity index is 1.75. The van der Waals surface area contributed by atoms with Gasteiger partial charge in [0.2, 0.25) is 5.88 Å².